The molecule has 0 aliphatic heterocycles. The summed E-state index contributed by atoms with van der Waals surface area (Å²) in [5.41, 5.74) is 3.41. The number of hydrogen-bond acceptors (Lipinski definition) is 2. The Balaban J connectivity index is 1.54. The van der Waals surface area contributed by atoms with Crippen molar-refractivity contribution in [2.75, 3.05) is 16.8 Å². The number of nitrogens with zero attached hydrogens (tertiary/aromatic N) is 1. The van der Waals surface area contributed by atoms with Crippen LogP contribution in [0.1, 0.15) is 35.7 Å². The molecule has 0 radical (unpaired) electrons. The van der Waals surface area contributed by atoms with E-state index < -0.39 is 0 Å². The first-order valence-electron chi connectivity index (χ1n) is 9.98. The fourth-order valence-corrected chi connectivity index (χ4v) is 3.22. The lowest BCUT2D eigenvalue weighted by Gasteiger charge is -2.21. The zero-order valence-electron chi connectivity index (χ0n) is 16.7. The standard InChI is InChI=1S/C25H26N2O2/c1-2-27(23-13-7-4-8-14-23)25(29)21-16-18-22(19-17-21)26-24(28)15-9-12-20-10-5-3-6-11-20/h3-8,10-11,13-14,16-19H,2,9,12,15H2,1H3,(H,26,28). The molecule has 0 aliphatic carbocycles. The Morgan fingerprint density at radius 1 is 0.828 bits per heavy atom. The maximum atomic E-state index is 12.8. The van der Waals surface area contributed by atoms with E-state index in [9.17, 15) is 9.59 Å². The van der Waals surface area contributed by atoms with Crippen LogP contribution in [0, 0.1) is 0 Å². The molecule has 0 heterocycles. The number of anilines is 2. The van der Waals surface area contributed by atoms with Crippen LogP contribution in [-0.2, 0) is 11.2 Å². The molecule has 0 aliphatic rings. The van der Waals surface area contributed by atoms with E-state index in [1.807, 2.05) is 55.5 Å². The van der Waals surface area contributed by atoms with Gasteiger partial charge in [-0.25, -0.2) is 0 Å². The maximum Gasteiger partial charge on any atom is 0.258 e. The molecule has 0 fully saturated rings. The van der Waals surface area contributed by atoms with Crippen molar-refractivity contribution < 1.29 is 9.59 Å². The molecule has 4 nitrogen and oxygen atoms in total. The van der Waals surface area contributed by atoms with Gasteiger partial charge >= 0.3 is 0 Å². The lowest BCUT2D eigenvalue weighted by atomic mass is 10.1. The van der Waals surface area contributed by atoms with Crippen LogP contribution < -0.4 is 10.2 Å². The van der Waals surface area contributed by atoms with Crippen molar-refractivity contribution in [3.8, 4) is 0 Å². The zero-order chi connectivity index (χ0) is 20.5. The lowest BCUT2D eigenvalue weighted by molar-refractivity contribution is -0.116. The highest BCUT2D eigenvalue weighted by atomic mass is 16.2. The summed E-state index contributed by atoms with van der Waals surface area (Å²) < 4.78 is 0. The molecule has 1 N–H and O–H groups in total. The number of hydrogen-bond donors (Lipinski definition) is 1. The largest absolute Gasteiger partial charge is 0.326 e. The third kappa shape index (κ3) is 5.79. The van der Waals surface area contributed by atoms with Crippen LogP contribution in [-0.4, -0.2) is 18.4 Å². The first-order valence-corrected chi connectivity index (χ1v) is 9.98. The minimum atomic E-state index is -0.0561. The van der Waals surface area contributed by atoms with Crippen molar-refractivity contribution in [3.05, 3.63) is 96.1 Å². The minimum Gasteiger partial charge on any atom is -0.326 e. The van der Waals surface area contributed by atoms with Crippen molar-refractivity contribution in [2.24, 2.45) is 0 Å². The molecule has 0 saturated carbocycles. The molecule has 0 bridgehead atoms. The monoisotopic (exact) mass is 386 g/mol. The van der Waals surface area contributed by atoms with E-state index in [1.165, 1.54) is 5.56 Å². The predicted octanol–water partition coefficient (Wildman–Crippen LogP) is 5.31. The van der Waals surface area contributed by atoms with E-state index in [0.29, 0.717) is 24.2 Å². The Hall–Kier alpha value is -3.40. The number of amides is 2. The van der Waals surface area contributed by atoms with E-state index in [2.05, 4.69) is 17.4 Å². The second kappa shape index (κ2) is 10.2. The van der Waals surface area contributed by atoms with Crippen LogP contribution in [0.2, 0.25) is 0 Å². The Morgan fingerprint density at radius 2 is 1.45 bits per heavy atom. The van der Waals surface area contributed by atoms with Crippen LogP contribution in [0.5, 0.6) is 0 Å². The number of para-hydroxylation sites is 1. The highest BCUT2D eigenvalue weighted by Crippen LogP contribution is 2.18. The predicted molar refractivity (Wildman–Crippen MR) is 118 cm³/mol. The summed E-state index contributed by atoms with van der Waals surface area (Å²) in [6.07, 6.45) is 2.15. The van der Waals surface area contributed by atoms with Gasteiger partial charge in [0.1, 0.15) is 0 Å². The summed E-state index contributed by atoms with van der Waals surface area (Å²) in [5.74, 6) is -0.0704. The molecule has 3 aromatic carbocycles. The lowest BCUT2D eigenvalue weighted by Crippen LogP contribution is -2.30. The van der Waals surface area contributed by atoms with E-state index in [4.69, 9.17) is 0 Å². The normalized spacial score (nSPS) is 10.4. The average molecular weight is 386 g/mol. The first kappa shape index (κ1) is 20.3. The summed E-state index contributed by atoms with van der Waals surface area (Å²) >= 11 is 0. The molecule has 4 heteroatoms. The molecule has 0 unspecified atom stereocenters. The topological polar surface area (TPSA) is 49.4 Å². The van der Waals surface area contributed by atoms with Gasteiger partial charge in [-0.15, -0.1) is 0 Å². The van der Waals surface area contributed by atoms with Crippen molar-refractivity contribution in [3.63, 3.8) is 0 Å². The van der Waals surface area contributed by atoms with E-state index in [-0.39, 0.29) is 11.8 Å². The second-order valence-corrected chi connectivity index (χ2v) is 6.85. The van der Waals surface area contributed by atoms with Crippen molar-refractivity contribution in [1.82, 2.24) is 0 Å². The molecule has 29 heavy (non-hydrogen) atoms. The third-order valence-electron chi connectivity index (χ3n) is 4.76. The van der Waals surface area contributed by atoms with E-state index in [0.717, 1.165) is 18.5 Å². The van der Waals surface area contributed by atoms with Crippen LogP contribution in [0.4, 0.5) is 11.4 Å². The molecular weight excluding hydrogens is 360 g/mol. The van der Waals surface area contributed by atoms with Gasteiger partial charge in [-0.3, -0.25) is 9.59 Å². The van der Waals surface area contributed by atoms with Crippen LogP contribution in [0.25, 0.3) is 0 Å². The van der Waals surface area contributed by atoms with Gasteiger partial charge in [0.2, 0.25) is 5.91 Å². The smallest absolute Gasteiger partial charge is 0.258 e. The van der Waals surface area contributed by atoms with Gasteiger partial charge in [0, 0.05) is 29.9 Å². The molecular formula is C25H26N2O2. The van der Waals surface area contributed by atoms with Gasteiger partial charge in [-0.1, -0.05) is 48.5 Å². The van der Waals surface area contributed by atoms with E-state index in [1.54, 1.807) is 29.2 Å². The number of aryl methyl sites for hydroxylation is 1. The summed E-state index contributed by atoms with van der Waals surface area (Å²) in [6, 6.07) is 26.8. The molecule has 0 saturated heterocycles. The van der Waals surface area contributed by atoms with E-state index >= 15 is 0 Å². The highest BCUT2D eigenvalue weighted by molar-refractivity contribution is 6.06. The molecule has 148 valence electrons. The Labute approximate surface area is 172 Å². The highest BCUT2D eigenvalue weighted by Gasteiger charge is 2.15. The van der Waals surface area contributed by atoms with Crippen LogP contribution in [0.15, 0.2) is 84.9 Å². The summed E-state index contributed by atoms with van der Waals surface area (Å²) in [6.45, 7) is 2.54. The number of carbonyl (C=O) groups is 2. The van der Waals surface area contributed by atoms with Gasteiger partial charge in [0.15, 0.2) is 0 Å². The average Bonchev–Trinajstić information content (AvgIpc) is 2.76. The van der Waals surface area contributed by atoms with Gasteiger partial charge in [-0.05, 0) is 61.7 Å². The minimum absolute atomic E-state index is 0.0144. The van der Waals surface area contributed by atoms with Crippen LogP contribution >= 0.6 is 0 Å². The summed E-state index contributed by atoms with van der Waals surface area (Å²) in [5, 5.41) is 2.91. The van der Waals surface area contributed by atoms with Crippen molar-refractivity contribution in [2.45, 2.75) is 26.2 Å². The van der Waals surface area contributed by atoms with Gasteiger partial charge < -0.3 is 10.2 Å². The Bertz CT molecular complexity index is 922. The molecule has 3 aromatic rings. The zero-order valence-corrected chi connectivity index (χ0v) is 16.7. The molecule has 0 atom stereocenters. The molecule has 2 amide bonds. The Kier molecular flexibility index (Phi) is 7.17. The molecule has 0 aromatic heterocycles. The van der Waals surface area contributed by atoms with Gasteiger partial charge in [-0.2, -0.15) is 0 Å². The van der Waals surface area contributed by atoms with Crippen molar-refractivity contribution in [1.29, 1.82) is 0 Å². The number of rotatable bonds is 8. The molecule has 3 rings (SSSR count). The van der Waals surface area contributed by atoms with Gasteiger partial charge in [0.25, 0.3) is 5.91 Å². The first-order chi connectivity index (χ1) is 14.2. The number of carbonyl (C=O) groups excluding carboxylic acids is 2. The third-order valence-corrected chi connectivity index (χ3v) is 4.76. The number of nitrogens with one attached hydrogen (secondary N) is 1. The van der Waals surface area contributed by atoms with Crippen LogP contribution in [0.3, 0.4) is 0 Å². The quantitative estimate of drug-likeness (QED) is 0.570. The SMILES string of the molecule is CCN(C(=O)c1ccc(NC(=O)CCCc2ccccc2)cc1)c1ccccc1. The fourth-order valence-electron chi connectivity index (χ4n) is 3.22. The fraction of sp³-hybridized carbons (Fsp3) is 0.200. The van der Waals surface area contributed by atoms with Crippen molar-refractivity contribution >= 4 is 23.2 Å². The van der Waals surface area contributed by atoms with Gasteiger partial charge in [0.05, 0.1) is 0 Å². The Morgan fingerprint density at radius 3 is 2.07 bits per heavy atom. The number of benzene rings is 3. The maximum absolute atomic E-state index is 12.8. The molecule has 0 spiro atoms. The summed E-state index contributed by atoms with van der Waals surface area (Å²) in [7, 11) is 0. The second-order valence-electron chi connectivity index (χ2n) is 6.85. The summed E-state index contributed by atoms with van der Waals surface area (Å²) in [4.78, 5) is 26.7.